The molecule has 0 heterocycles. The van der Waals surface area contributed by atoms with Crippen molar-refractivity contribution in [2.45, 2.75) is 12.6 Å². The number of amides is 1. The van der Waals surface area contributed by atoms with Gasteiger partial charge in [0.15, 0.2) is 0 Å². The molecule has 0 aromatic heterocycles. The van der Waals surface area contributed by atoms with Crippen LogP contribution in [-0.4, -0.2) is 30.3 Å². The molecule has 7 heteroatoms. The molecule has 0 bridgehead atoms. The number of nitrogens with one attached hydrogen (secondary N) is 1. The lowest BCUT2D eigenvalue weighted by Crippen LogP contribution is -2.28. The third-order valence-corrected chi connectivity index (χ3v) is 2.22. The first kappa shape index (κ1) is 16.0. The van der Waals surface area contributed by atoms with Crippen molar-refractivity contribution in [3.8, 4) is 11.8 Å². The van der Waals surface area contributed by atoms with Crippen LogP contribution in [0.15, 0.2) is 18.2 Å². The molecule has 20 heavy (non-hydrogen) atoms. The van der Waals surface area contributed by atoms with E-state index in [1.807, 2.05) is 5.32 Å². The van der Waals surface area contributed by atoms with E-state index in [1.54, 1.807) is 0 Å². The molecule has 0 saturated carbocycles. The number of rotatable bonds is 3. The maximum Gasteiger partial charge on any atom is 0.390 e. The molecule has 0 aliphatic heterocycles. The first-order valence-corrected chi connectivity index (χ1v) is 5.57. The Labute approximate surface area is 112 Å². The molecule has 2 N–H and O–H groups in total. The maximum atomic E-state index is 13.1. The van der Waals surface area contributed by atoms with E-state index >= 15 is 0 Å². The van der Waals surface area contributed by atoms with Gasteiger partial charge in [0.05, 0.1) is 12.0 Å². The molecule has 108 valence electrons. The molecule has 0 unspecified atom stereocenters. The second-order valence-corrected chi connectivity index (χ2v) is 3.77. The molecule has 0 aliphatic rings. The summed E-state index contributed by atoms with van der Waals surface area (Å²) in [7, 11) is 0. The summed E-state index contributed by atoms with van der Waals surface area (Å²) < 4.78 is 49.0. The first-order valence-electron chi connectivity index (χ1n) is 5.57. The highest BCUT2D eigenvalue weighted by Crippen LogP contribution is 2.18. The summed E-state index contributed by atoms with van der Waals surface area (Å²) >= 11 is 0. The van der Waals surface area contributed by atoms with E-state index in [4.69, 9.17) is 5.11 Å². The Morgan fingerprint density at radius 3 is 2.65 bits per heavy atom. The Morgan fingerprint density at radius 2 is 2.05 bits per heavy atom. The van der Waals surface area contributed by atoms with Crippen LogP contribution >= 0.6 is 0 Å². The molecular formula is C13H11F4NO2. The van der Waals surface area contributed by atoms with E-state index in [9.17, 15) is 22.4 Å². The molecule has 1 amide bonds. The van der Waals surface area contributed by atoms with Crippen LogP contribution in [0, 0.1) is 17.7 Å². The third-order valence-electron chi connectivity index (χ3n) is 2.22. The van der Waals surface area contributed by atoms with E-state index in [-0.39, 0.29) is 11.1 Å². The Kier molecular flexibility index (Phi) is 5.53. The molecule has 1 rings (SSSR count). The molecule has 1 aromatic rings. The quantitative estimate of drug-likeness (QED) is 0.659. The predicted octanol–water partition coefficient (Wildman–Crippen LogP) is 1.85. The summed E-state index contributed by atoms with van der Waals surface area (Å²) in [6.45, 7) is -1.06. The molecule has 0 radical (unpaired) electrons. The fourth-order valence-corrected chi connectivity index (χ4v) is 1.36. The number of hydrogen-bond acceptors (Lipinski definition) is 2. The summed E-state index contributed by atoms with van der Waals surface area (Å²) in [6.07, 6.45) is -5.56. The van der Waals surface area contributed by atoms with Gasteiger partial charge >= 0.3 is 6.18 Å². The number of carbonyl (C=O) groups excluding carboxylic acids is 1. The number of carbonyl (C=O) groups is 1. The van der Waals surface area contributed by atoms with E-state index in [1.165, 1.54) is 6.07 Å². The number of benzene rings is 1. The Balaban J connectivity index is 2.83. The summed E-state index contributed by atoms with van der Waals surface area (Å²) in [5, 5.41) is 10.6. The SMILES string of the molecule is O=C(NCCC(F)(F)F)c1cc(F)ccc1C#CCO. The smallest absolute Gasteiger partial charge is 0.384 e. The van der Waals surface area contributed by atoms with Gasteiger partial charge in [-0.05, 0) is 18.2 Å². The summed E-state index contributed by atoms with van der Waals surface area (Å²) in [6, 6.07) is 3.16. The molecule has 0 fully saturated rings. The molecule has 0 spiro atoms. The van der Waals surface area contributed by atoms with Gasteiger partial charge < -0.3 is 10.4 Å². The lowest BCUT2D eigenvalue weighted by Gasteiger charge is -2.09. The monoisotopic (exact) mass is 289 g/mol. The van der Waals surface area contributed by atoms with Crippen LogP contribution in [0.1, 0.15) is 22.3 Å². The number of hydrogen-bond donors (Lipinski definition) is 2. The fourth-order valence-electron chi connectivity index (χ4n) is 1.36. The van der Waals surface area contributed by atoms with Crippen LogP contribution in [0.5, 0.6) is 0 Å². The van der Waals surface area contributed by atoms with Crippen molar-refractivity contribution < 1.29 is 27.5 Å². The van der Waals surface area contributed by atoms with Gasteiger partial charge in [-0.25, -0.2) is 4.39 Å². The van der Waals surface area contributed by atoms with Crippen molar-refractivity contribution in [2.24, 2.45) is 0 Å². The molecule has 0 atom stereocenters. The van der Waals surface area contributed by atoms with Gasteiger partial charge in [-0.1, -0.05) is 11.8 Å². The summed E-state index contributed by atoms with van der Waals surface area (Å²) in [5.74, 6) is 3.15. The Bertz CT molecular complexity index is 544. The minimum absolute atomic E-state index is 0.130. The second-order valence-electron chi connectivity index (χ2n) is 3.77. The normalized spacial score (nSPS) is 10.7. The van der Waals surface area contributed by atoms with E-state index < -0.39 is 37.5 Å². The van der Waals surface area contributed by atoms with Crippen LogP contribution in [-0.2, 0) is 0 Å². The first-order chi connectivity index (χ1) is 9.33. The van der Waals surface area contributed by atoms with Crippen molar-refractivity contribution >= 4 is 5.91 Å². The highest BCUT2D eigenvalue weighted by molar-refractivity contribution is 5.96. The zero-order valence-electron chi connectivity index (χ0n) is 10.2. The highest BCUT2D eigenvalue weighted by Gasteiger charge is 2.26. The highest BCUT2D eigenvalue weighted by atomic mass is 19.4. The summed E-state index contributed by atoms with van der Waals surface area (Å²) in [5.41, 5.74) is -0.0434. The van der Waals surface area contributed by atoms with E-state index in [0.717, 1.165) is 12.1 Å². The van der Waals surface area contributed by atoms with Crippen molar-refractivity contribution in [3.63, 3.8) is 0 Å². The zero-order chi connectivity index (χ0) is 15.2. The molecular weight excluding hydrogens is 278 g/mol. The van der Waals surface area contributed by atoms with Gasteiger partial charge in [-0.2, -0.15) is 13.2 Å². The number of alkyl halides is 3. The van der Waals surface area contributed by atoms with Crippen molar-refractivity contribution in [3.05, 3.63) is 35.1 Å². The predicted molar refractivity (Wildman–Crippen MR) is 63.4 cm³/mol. The number of aliphatic hydroxyl groups excluding tert-OH is 1. The molecule has 3 nitrogen and oxygen atoms in total. The number of aliphatic hydroxyl groups is 1. The van der Waals surface area contributed by atoms with Crippen molar-refractivity contribution in [1.82, 2.24) is 5.32 Å². The second kappa shape index (κ2) is 6.91. The van der Waals surface area contributed by atoms with Crippen LogP contribution in [0.4, 0.5) is 17.6 Å². The topological polar surface area (TPSA) is 49.3 Å². The zero-order valence-corrected chi connectivity index (χ0v) is 10.2. The fraction of sp³-hybridized carbons (Fsp3) is 0.308. The van der Waals surface area contributed by atoms with E-state index in [2.05, 4.69) is 11.8 Å². The van der Waals surface area contributed by atoms with Gasteiger partial charge in [-0.15, -0.1) is 0 Å². The largest absolute Gasteiger partial charge is 0.390 e. The molecule has 0 aliphatic carbocycles. The third kappa shape index (κ3) is 5.28. The van der Waals surface area contributed by atoms with Gasteiger partial charge in [0, 0.05) is 12.1 Å². The van der Waals surface area contributed by atoms with Gasteiger partial charge in [-0.3, -0.25) is 4.79 Å². The summed E-state index contributed by atoms with van der Waals surface area (Å²) in [4.78, 5) is 11.7. The molecule has 1 aromatic carbocycles. The number of halogens is 4. The standard InChI is InChI=1S/C13H11F4NO2/c14-10-4-3-9(2-1-7-19)11(8-10)12(20)18-6-5-13(15,16)17/h3-4,8,19H,5-7H2,(H,18,20). The van der Waals surface area contributed by atoms with Gasteiger partial charge in [0.2, 0.25) is 0 Å². The van der Waals surface area contributed by atoms with Gasteiger partial charge in [0.1, 0.15) is 12.4 Å². The Morgan fingerprint density at radius 1 is 1.35 bits per heavy atom. The lowest BCUT2D eigenvalue weighted by molar-refractivity contribution is -0.132. The van der Waals surface area contributed by atoms with E-state index in [0.29, 0.717) is 0 Å². The van der Waals surface area contributed by atoms with Gasteiger partial charge in [0.25, 0.3) is 5.91 Å². The van der Waals surface area contributed by atoms with Crippen LogP contribution in [0.3, 0.4) is 0 Å². The van der Waals surface area contributed by atoms with Crippen molar-refractivity contribution in [1.29, 1.82) is 0 Å². The van der Waals surface area contributed by atoms with Crippen LogP contribution in [0.2, 0.25) is 0 Å². The minimum Gasteiger partial charge on any atom is -0.384 e. The van der Waals surface area contributed by atoms with Crippen molar-refractivity contribution in [2.75, 3.05) is 13.2 Å². The van der Waals surface area contributed by atoms with Crippen LogP contribution in [0.25, 0.3) is 0 Å². The lowest BCUT2D eigenvalue weighted by atomic mass is 10.1. The maximum absolute atomic E-state index is 13.1. The molecule has 0 saturated heterocycles. The van der Waals surface area contributed by atoms with Crippen LogP contribution < -0.4 is 5.32 Å². The average molecular weight is 289 g/mol. The Hall–Kier alpha value is -2.07. The minimum atomic E-state index is -4.38. The average Bonchev–Trinajstić information content (AvgIpc) is 2.35.